The third-order valence-corrected chi connectivity index (χ3v) is 2.28. The van der Waals surface area contributed by atoms with Crippen molar-refractivity contribution in [2.45, 2.75) is 6.42 Å². The molecule has 5 heteroatoms. The number of aliphatic carboxylic acids is 1. The number of carbonyl (C=O) groups is 2. The molecule has 1 aromatic rings. The van der Waals surface area contributed by atoms with Crippen LogP contribution >= 0.6 is 0 Å². The van der Waals surface area contributed by atoms with Crippen molar-refractivity contribution in [1.29, 1.82) is 0 Å². The minimum absolute atomic E-state index is 0.153. The standard InChI is InChI=1S/C11H8N2O3/c1-13-9-5-7(10(14)11(15)16)3-2-4-8(9)6-12-13/h5-6H,3H2,1H3,(H,15,16). The van der Waals surface area contributed by atoms with Gasteiger partial charge in [-0.1, -0.05) is 11.8 Å². The Bertz CT molecular complexity index is 570. The van der Waals surface area contributed by atoms with Gasteiger partial charge in [0.2, 0.25) is 0 Å². The van der Waals surface area contributed by atoms with Crippen molar-refractivity contribution < 1.29 is 14.7 Å². The number of carboxylic acid groups (broad SMARTS) is 1. The third kappa shape index (κ3) is 1.61. The molecular weight excluding hydrogens is 208 g/mol. The van der Waals surface area contributed by atoms with Gasteiger partial charge < -0.3 is 5.11 Å². The van der Waals surface area contributed by atoms with Crippen LogP contribution in [0, 0.1) is 11.8 Å². The van der Waals surface area contributed by atoms with Gasteiger partial charge in [0.15, 0.2) is 0 Å². The van der Waals surface area contributed by atoms with Crippen LogP contribution in [-0.2, 0) is 16.6 Å². The van der Waals surface area contributed by atoms with E-state index in [9.17, 15) is 9.59 Å². The van der Waals surface area contributed by atoms with Crippen molar-refractivity contribution >= 4 is 17.8 Å². The number of nitrogens with zero attached hydrogens (tertiary/aromatic N) is 2. The summed E-state index contributed by atoms with van der Waals surface area (Å²) in [5.41, 5.74) is 1.55. The van der Waals surface area contributed by atoms with Crippen LogP contribution in [0.15, 0.2) is 11.8 Å². The average molecular weight is 216 g/mol. The van der Waals surface area contributed by atoms with E-state index in [1.165, 1.54) is 6.08 Å². The molecule has 0 saturated carbocycles. The van der Waals surface area contributed by atoms with E-state index < -0.39 is 11.8 Å². The Morgan fingerprint density at radius 2 is 2.31 bits per heavy atom. The molecule has 0 aliphatic heterocycles. The summed E-state index contributed by atoms with van der Waals surface area (Å²) in [6.45, 7) is 0. The number of rotatable bonds is 2. The van der Waals surface area contributed by atoms with Crippen molar-refractivity contribution in [1.82, 2.24) is 9.78 Å². The Labute approximate surface area is 91.4 Å². The first kappa shape index (κ1) is 10.2. The summed E-state index contributed by atoms with van der Waals surface area (Å²) in [6.07, 6.45) is 3.26. The number of carboxylic acids is 1. The molecule has 0 bridgehead atoms. The van der Waals surface area contributed by atoms with Crippen LogP contribution in [0.5, 0.6) is 0 Å². The number of aryl methyl sites for hydroxylation is 1. The van der Waals surface area contributed by atoms with E-state index in [1.807, 2.05) is 0 Å². The minimum atomic E-state index is -1.46. The maximum Gasteiger partial charge on any atom is 0.376 e. The Morgan fingerprint density at radius 1 is 1.56 bits per heavy atom. The molecule has 0 aromatic carbocycles. The Morgan fingerprint density at radius 3 is 3.00 bits per heavy atom. The number of ketones is 1. The molecule has 1 aliphatic carbocycles. The van der Waals surface area contributed by atoms with Gasteiger partial charge >= 0.3 is 5.97 Å². The van der Waals surface area contributed by atoms with E-state index in [-0.39, 0.29) is 12.0 Å². The first-order valence-electron chi connectivity index (χ1n) is 4.58. The van der Waals surface area contributed by atoms with Gasteiger partial charge in [0.25, 0.3) is 5.78 Å². The lowest BCUT2D eigenvalue weighted by atomic mass is 10.1. The van der Waals surface area contributed by atoms with E-state index in [4.69, 9.17) is 5.11 Å². The van der Waals surface area contributed by atoms with Crippen LogP contribution in [0.1, 0.15) is 17.7 Å². The summed E-state index contributed by atoms with van der Waals surface area (Å²) < 4.78 is 1.56. The monoisotopic (exact) mass is 216 g/mol. The maximum absolute atomic E-state index is 11.3. The van der Waals surface area contributed by atoms with E-state index >= 15 is 0 Å². The van der Waals surface area contributed by atoms with Gasteiger partial charge in [-0.05, 0) is 6.08 Å². The van der Waals surface area contributed by atoms with Crippen molar-refractivity contribution in [3.63, 3.8) is 0 Å². The highest BCUT2D eigenvalue weighted by molar-refractivity contribution is 6.40. The predicted molar refractivity (Wildman–Crippen MR) is 55.3 cm³/mol. The number of hydrogen-bond donors (Lipinski definition) is 1. The first-order valence-corrected chi connectivity index (χ1v) is 4.58. The second-order valence-corrected chi connectivity index (χ2v) is 3.35. The van der Waals surface area contributed by atoms with Gasteiger partial charge in [-0.3, -0.25) is 9.48 Å². The van der Waals surface area contributed by atoms with Gasteiger partial charge in [-0.2, -0.15) is 5.10 Å². The van der Waals surface area contributed by atoms with Crippen LogP contribution in [-0.4, -0.2) is 26.6 Å². The van der Waals surface area contributed by atoms with Gasteiger partial charge in [-0.15, -0.1) is 0 Å². The number of Topliss-reactive ketones (excluding diaryl/α,β-unsaturated/α-hetero) is 1. The summed E-state index contributed by atoms with van der Waals surface area (Å²) in [4.78, 5) is 21.9. The van der Waals surface area contributed by atoms with Crippen molar-refractivity contribution in [3.8, 4) is 11.8 Å². The topological polar surface area (TPSA) is 72.2 Å². The SMILES string of the molecule is Cn1ncc2c1C=C(C(=O)C(=O)O)CC#C2. The van der Waals surface area contributed by atoms with Gasteiger partial charge in [0.05, 0.1) is 17.5 Å². The molecule has 0 atom stereocenters. The average Bonchev–Trinajstić information content (AvgIpc) is 2.50. The largest absolute Gasteiger partial charge is 0.475 e. The number of fused-ring (bicyclic) bond motifs is 1. The van der Waals surface area contributed by atoms with Gasteiger partial charge in [0.1, 0.15) is 0 Å². The van der Waals surface area contributed by atoms with Gasteiger partial charge in [-0.25, -0.2) is 4.79 Å². The molecule has 16 heavy (non-hydrogen) atoms. The molecule has 1 heterocycles. The Hall–Kier alpha value is -2.35. The first-order chi connectivity index (χ1) is 7.59. The van der Waals surface area contributed by atoms with E-state index in [0.717, 1.165) is 0 Å². The number of carbonyl (C=O) groups excluding carboxylic acids is 1. The fraction of sp³-hybridized carbons (Fsp3) is 0.182. The zero-order valence-corrected chi connectivity index (χ0v) is 8.52. The molecule has 0 fully saturated rings. The van der Waals surface area contributed by atoms with Crippen LogP contribution in [0.25, 0.3) is 6.08 Å². The van der Waals surface area contributed by atoms with Crippen LogP contribution in [0.3, 0.4) is 0 Å². The molecule has 1 aromatic heterocycles. The quantitative estimate of drug-likeness (QED) is 0.566. The third-order valence-electron chi connectivity index (χ3n) is 2.28. The zero-order chi connectivity index (χ0) is 11.7. The van der Waals surface area contributed by atoms with Crippen LogP contribution < -0.4 is 0 Å². The molecule has 0 saturated heterocycles. The molecule has 1 aliphatic rings. The molecule has 0 unspecified atom stereocenters. The predicted octanol–water partition coefficient (Wildman–Crippen LogP) is 0.212. The lowest BCUT2D eigenvalue weighted by Gasteiger charge is -1.99. The van der Waals surface area contributed by atoms with Crippen molar-refractivity contribution in [2.75, 3.05) is 0 Å². The zero-order valence-electron chi connectivity index (χ0n) is 8.52. The molecule has 80 valence electrons. The Kier molecular flexibility index (Phi) is 2.33. The Balaban J connectivity index is 2.51. The van der Waals surface area contributed by atoms with E-state index in [0.29, 0.717) is 11.3 Å². The molecule has 0 radical (unpaired) electrons. The summed E-state index contributed by atoms with van der Waals surface area (Å²) in [7, 11) is 1.71. The summed E-state index contributed by atoms with van der Waals surface area (Å²) in [5.74, 6) is 3.21. The maximum atomic E-state index is 11.3. The molecule has 2 rings (SSSR count). The molecule has 0 spiro atoms. The number of hydrogen-bond acceptors (Lipinski definition) is 3. The van der Waals surface area contributed by atoms with Crippen molar-refractivity contribution in [2.24, 2.45) is 7.05 Å². The molecular formula is C11H8N2O3. The normalized spacial score (nSPS) is 12.9. The molecule has 0 amide bonds. The highest BCUT2D eigenvalue weighted by Gasteiger charge is 2.19. The summed E-state index contributed by atoms with van der Waals surface area (Å²) >= 11 is 0. The van der Waals surface area contributed by atoms with Crippen LogP contribution in [0.2, 0.25) is 0 Å². The second-order valence-electron chi connectivity index (χ2n) is 3.35. The highest BCUT2D eigenvalue weighted by Crippen LogP contribution is 2.17. The lowest BCUT2D eigenvalue weighted by Crippen LogP contribution is -2.15. The molecule has 5 nitrogen and oxygen atoms in total. The van der Waals surface area contributed by atoms with Crippen LogP contribution in [0.4, 0.5) is 0 Å². The van der Waals surface area contributed by atoms with Crippen molar-refractivity contribution in [3.05, 3.63) is 23.0 Å². The fourth-order valence-corrected chi connectivity index (χ4v) is 1.45. The molecule has 1 N–H and O–H groups in total. The summed E-state index contributed by atoms with van der Waals surface area (Å²) in [5, 5.41) is 12.6. The fourth-order valence-electron chi connectivity index (χ4n) is 1.45. The van der Waals surface area contributed by atoms with Gasteiger partial charge in [0, 0.05) is 19.0 Å². The smallest absolute Gasteiger partial charge is 0.376 e. The van der Waals surface area contributed by atoms with E-state index in [2.05, 4.69) is 16.9 Å². The second kappa shape index (κ2) is 3.66. The summed E-state index contributed by atoms with van der Waals surface area (Å²) in [6, 6.07) is 0. The van der Waals surface area contributed by atoms with E-state index in [1.54, 1.807) is 17.9 Å². The minimum Gasteiger partial charge on any atom is -0.475 e. The highest BCUT2D eigenvalue weighted by atomic mass is 16.4. The number of aromatic nitrogens is 2. The lowest BCUT2D eigenvalue weighted by molar-refractivity contribution is -0.147.